The Hall–Kier alpha value is -2.28. The van der Waals surface area contributed by atoms with Gasteiger partial charge in [0, 0.05) is 12.6 Å². The van der Waals surface area contributed by atoms with E-state index >= 15 is 0 Å². The van der Waals surface area contributed by atoms with E-state index in [2.05, 4.69) is 48.1 Å². The zero-order valence-electron chi connectivity index (χ0n) is 18.8. The van der Waals surface area contributed by atoms with Crippen LogP contribution in [0.1, 0.15) is 76.3 Å². The first-order chi connectivity index (χ1) is 15.0. The smallest absolute Gasteiger partial charge is 0.230 e. The molecular weight excluding hydrogens is 408 g/mol. The van der Waals surface area contributed by atoms with Crippen molar-refractivity contribution < 1.29 is 9.53 Å². The number of amides is 1. The fourth-order valence-electron chi connectivity index (χ4n) is 3.84. The quantitative estimate of drug-likeness (QED) is 0.401. The predicted molar refractivity (Wildman–Crippen MR) is 126 cm³/mol. The second-order valence-electron chi connectivity index (χ2n) is 8.41. The van der Waals surface area contributed by atoms with Crippen LogP contribution >= 0.6 is 11.8 Å². The molecule has 1 aromatic heterocycles. The summed E-state index contributed by atoms with van der Waals surface area (Å²) in [6.07, 6.45) is 7.38. The molecule has 2 aromatic rings. The molecule has 1 N–H and O–H groups in total. The molecule has 1 aliphatic rings. The molecule has 1 heterocycles. The first-order valence-corrected chi connectivity index (χ1v) is 12.2. The lowest BCUT2D eigenvalue weighted by molar-refractivity contribution is -0.119. The summed E-state index contributed by atoms with van der Waals surface area (Å²) in [6.45, 7) is 10.7. The van der Waals surface area contributed by atoms with Gasteiger partial charge in [0.1, 0.15) is 5.75 Å². The van der Waals surface area contributed by atoms with Gasteiger partial charge in [-0.1, -0.05) is 63.1 Å². The van der Waals surface area contributed by atoms with Gasteiger partial charge in [0.15, 0.2) is 17.1 Å². The average molecular weight is 443 g/mol. The highest BCUT2D eigenvalue weighted by atomic mass is 32.2. The number of aromatic nitrogens is 3. The number of carbonyl (C=O) groups excluding carboxylic acids is 1. The van der Waals surface area contributed by atoms with E-state index in [9.17, 15) is 4.79 Å². The topological polar surface area (TPSA) is 69.0 Å². The monoisotopic (exact) mass is 442 g/mol. The molecule has 1 unspecified atom stereocenters. The van der Waals surface area contributed by atoms with E-state index < -0.39 is 0 Å². The molecule has 0 spiro atoms. The Morgan fingerprint density at radius 3 is 2.58 bits per heavy atom. The summed E-state index contributed by atoms with van der Waals surface area (Å²) in [5.74, 6) is 2.39. The second-order valence-corrected chi connectivity index (χ2v) is 9.36. The molecule has 168 valence electrons. The summed E-state index contributed by atoms with van der Waals surface area (Å²) in [4.78, 5) is 12.4. The molecular formula is C24H34N4O2S. The molecule has 1 aliphatic carbocycles. The van der Waals surface area contributed by atoms with E-state index in [1.54, 1.807) is 0 Å². The van der Waals surface area contributed by atoms with Crippen LogP contribution in [0.25, 0.3) is 0 Å². The zero-order chi connectivity index (χ0) is 22.2. The lowest BCUT2D eigenvalue weighted by Gasteiger charge is -2.22. The molecule has 0 bridgehead atoms. The standard InChI is InChI=1S/C24H34N4O2S/c1-5-15-28-23(18(4)30-21-13-11-19(12-14-21)17(2)3)26-27-24(28)31-16-22(29)25-20-9-7-6-8-10-20/h5,11-14,17-18,20H,1,6-10,15-16H2,2-4H3,(H,25,29). The average Bonchev–Trinajstić information content (AvgIpc) is 3.16. The summed E-state index contributed by atoms with van der Waals surface area (Å²) in [5.41, 5.74) is 1.28. The van der Waals surface area contributed by atoms with Crippen LogP contribution in [0.3, 0.4) is 0 Å². The van der Waals surface area contributed by atoms with E-state index in [0.717, 1.165) is 24.4 Å². The van der Waals surface area contributed by atoms with E-state index in [-0.39, 0.29) is 12.0 Å². The number of nitrogens with one attached hydrogen (secondary N) is 1. The van der Waals surface area contributed by atoms with E-state index in [1.807, 2.05) is 29.7 Å². The molecule has 0 aliphatic heterocycles. The largest absolute Gasteiger partial charge is 0.483 e. The normalized spacial score (nSPS) is 15.6. The fraction of sp³-hybridized carbons (Fsp3) is 0.542. The van der Waals surface area contributed by atoms with E-state index in [4.69, 9.17) is 4.74 Å². The molecule has 1 saturated carbocycles. The first-order valence-electron chi connectivity index (χ1n) is 11.2. The maximum Gasteiger partial charge on any atom is 0.230 e. The summed E-state index contributed by atoms with van der Waals surface area (Å²) < 4.78 is 8.09. The highest BCUT2D eigenvalue weighted by Gasteiger charge is 2.21. The van der Waals surface area contributed by atoms with Crippen molar-refractivity contribution in [3.05, 3.63) is 48.3 Å². The number of allylic oxidation sites excluding steroid dienone is 1. The van der Waals surface area contributed by atoms with Crippen molar-refractivity contribution in [1.82, 2.24) is 20.1 Å². The van der Waals surface area contributed by atoms with Crippen LogP contribution in [-0.4, -0.2) is 32.5 Å². The maximum absolute atomic E-state index is 12.4. The van der Waals surface area contributed by atoms with Crippen molar-refractivity contribution in [2.24, 2.45) is 0 Å². The van der Waals surface area contributed by atoms with Gasteiger partial charge < -0.3 is 10.1 Å². The van der Waals surface area contributed by atoms with Crippen molar-refractivity contribution in [1.29, 1.82) is 0 Å². The van der Waals surface area contributed by atoms with Crippen molar-refractivity contribution in [3.63, 3.8) is 0 Å². The van der Waals surface area contributed by atoms with Gasteiger partial charge in [0.25, 0.3) is 0 Å². The summed E-state index contributed by atoms with van der Waals surface area (Å²) in [5, 5.41) is 12.5. The molecule has 31 heavy (non-hydrogen) atoms. The summed E-state index contributed by atoms with van der Waals surface area (Å²) in [7, 11) is 0. The maximum atomic E-state index is 12.4. The molecule has 1 atom stereocenters. The first kappa shape index (κ1) is 23.4. The van der Waals surface area contributed by atoms with Crippen LogP contribution in [0.2, 0.25) is 0 Å². The van der Waals surface area contributed by atoms with Crippen LogP contribution < -0.4 is 10.1 Å². The Kier molecular flexibility index (Phi) is 8.58. The summed E-state index contributed by atoms with van der Waals surface area (Å²) in [6, 6.07) is 8.48. The predicted octanol–water partition coefficient (Wildman–Crippen LogP) is 5.27. The Morgan fingerprint density at radius 2 is 1.94 bits per heavy atom. The third-order valence-electron chi connectivity index (χ3n) is 5.58. The van der Waals surface area contributed by atoms with Crippen LogP contribution in [-0.2, 0) is 11.3 Å². The van der Waals surface area contributed by atoms with Crippen molar-refractivity contribution in [2.45, 2.75) is 82.6 Å². The van der Waals surface area contributed by atoms with Crippen LogP contribution in [0.4, 0.5) is 0 Å². The van der Waals surface area contributed by atoms with Gasteiger partial charge in [0.2, 0.25) is 5.91 Å². The Labute approximate surface area is 189 Å². The van der Waals surface area contributed by atoms with Gasteiger partial charge in [-0.15, -0.1) is 16.8 Å². The van der Waals surface area contributed by atoms with Gasteiger partial charge in [0.05, 0.1) is 5.75 Å². The second kappa shape index (κ2) is 11.4. The minimum Gasteiger partial charge on any atom is -0.483 e. The number of hydrogen-bond acceptors (Lipinski definition) is 5. The Bertz CT molecular complexity index is 857. The lowest BCUT2D eigenvalue weighted by Crippen LogP contribution is -2.37. The van der Waals surface area contributed by atoms with Crippen LogP contribution in [0.15, 0.2) is 42.1 Å². The van der Waals surface area contributed by atoms with Gasteiger partial charge in [-0.25, -0.2) is 0 Å². The van der Waals surface area contributed by atoms with Gasteiger partial charge >= 0.3 is 0 Å². The minimum absolute atomic E-state index is 0.0566. The third kappa shape index (κ3) is 6.60. The third-order valence-corrected chi connectivity index (χ3v) is 6.55. The molecule has 6 nitrogen and oxygen atoms in total. The molecule has 3 rings (SSSR count). The Morgan fingerprint density at radius 1 is 1.23 bits per heavy atom. The van der Waals surface area contributed by atoms with Gasteiger partial charge in [-0.3, -0.25) is 9.36 Å². The SMILES string of the molecule is C=CCn1c(SCC(=O)NC2CCCCC2)nnc1C(C)Oc1ccc(C(C)C)cc1. The van der Waals surface area contributed by atoms with Gasteiger partial charge in [-0.2, -0.15) is 0 Å². The number of nitrogens with zero attached hydrogens (tertiary/aromatic N) is 3. The molecule has 7 heteroatoms. The fourth-order valence-corrected chi connectivity index (χ4v) is 4.61. The number of carbonyl (C=O) groups is 1. The number of rotatable bonds is 10. The number of ether oxygens (including phenoxy) is 1. The molecule has 1 amide bonds. The van der Waals surface area contributed by atoms with Crippen LogP contribution in [0.5, 0.6) is 5.75 Å². The molecule has 0 saturated heterocycles. The number of thioether (sulfide) groups is 1. The summed E-state index contributed by atoms with van der Waals surface area (Å²) >= 11 is 1.41. The van der Waals surface area contributed by atoms with E-state index in [0.29, 0.717) is 29.4 Å². The highest BCUT2D eigenvalue weighted by molar-refractivity contribution is 7.99. The highest BCUT2D eigenvalue weighted by Crippen LogP contribution is 2.26. The van der Waals surface area contributed by atoms with Gasteiger partial charge in [-0.05, 0) is 43.4 Å². The Balaban J connectivity index is 1.61. The lowest BCUT2D eigenvalue weighted by atomic mass is 9.95. The minimum atomic E-state index is -0.275. The molecule has 1 fully saturated rings. The van der Waals surface area contributed by atoms with Crippen molar-refractivity contribution in [2.75, 3.05) is 5.75 Å². The molecule has 0 radical (unpaired) electrons. The van der Waals surface area contributed by atoms with Crippen LogP contribution in [0, 0.1) is 0 Å². The van der Waals surface area contributed by atoms with Crippen molar-refractivity contribution >= 4 is 17.7 Å². The number of hydrogen-bond donors (Lipinski definition) is 1. The van der Waals surface area contributed by atoms with Crippen molar-refractivity contribution in [3.8, 4) is 5.75 Å². The van der Waals surface area contributed by atoms with E-state index in [1.165, 1.54) is 36.6 Å². The molecule has 1 aromatic carbocycles. The zero-order valence-corrected chi connectivity index (χ0v) is 19.7. The number of benzene rings is 1.